The molecule has 0 saturated carbocycles. The van der Waals surface area contributed by atoms with Gasteiger partial charge in [-0.15, -0.1) is 0 Å². The zero-order chi connectivity index (χ0) is 15.2. The van der Waals surface area contributed by atoms with Crippen LogP contribution in [-0.4, -0.2) is 53.7 Å². The van der Waals surface area contributed by atoms with Crippen molar-refractivity contribution in [2.24, 2.45) is 11.8 Å². The number of piperidine rings is 1. The van der Waals surface area contributed by atoms with Crippen molar-refractivity contribution in [2.75, 3.05) is 26.2 Å². The molecular formula is C14H24N4O3. The number of nitrogens with two attached hydrogens (primary N) is 1. The monoisotopic (exact) mass is 296 g/mol. The van der Waals surface area contributed by atoms with Crippen LogP contribution in [0.5, 0.6) is 0 Å². The van der Waals surface area contributed by atoms with E-state index in [9.17, 15) is 14.4 Å². The Hall–Kier alpha value is -1.63. The average Bonchev–Trinajstić information content (AvgIpc) is 2.71. The van der Waals surface area contributed by atoms with E-state index < -0.39 is 0 Å². The van der Waals surface area contributed by atoms with Crippen molar-refractivity contribution in [2.45, 2.75) is 38.5 Å². The van der Waals surface area contributed by atoms with E-state index in [0.717, 1.165) is 19.3 Å². The van der Waals surface area contributed by atoms with Gasteiger partial charge in [-0.1, -0.05) is 6.42 Å². The summed E-state index contributed by atoms with van der Waals surface area (Å²) in [6, 6.07) is 0. The highest BCUT2D eigenvalue weighted by Gasteiger charge is 2.28. The van der Waals surface area contributed by atoms with Gasteiger partial charge in [0.05, 0.1) is 6.54 Å². The second-order valence-electron chi connectivity index (χ2n) is 5.79. The maximum atomic E-state index is 12.3. The highest BCUT2D eigenvalue weighted by Crippen LogP contribution is 2.18. The lowest BCUT2D eigenvalue weighted by molar-refractivity contribution is -0.141. The first-order valence-electron chi connectivity index (χ1n) is 7.68. The minimum Gasteiger partial charge on any atom is -0.341 e. The maximum Gasteiger partial charge on any atom is 0.242 e. The fourth-order valence-corrected chi connectivity index (χ4v) is 2.98. The van der Waals surface area contributed by atoms with Crippen molar-refractivity contribution in [3.63, 3.8) is 0 Å². The molecule has 2 aliphatic rings. The van der Waals surface area contributed by atoms with Crippen LogP contribution >= 0.6 is 0 Å². The topological polar surface area (TPSA) is 95.7 Å². The molecule has 2 rings (SSSR count). The molecule has 2 fully saturated rings. The summed E-state index contributed by atoms with van der Waals surface area (Å²) in [7, 11) is 0. The van der Waals surface area contributed by atoms with Gasteiger partial charge in [-0.05, 0) is 25.7 Å². The summed E-state index contributed by atoms with van der Waals surface area (Å²) < 4.78 is 0. The third-order valence-electron chi connectivity index (χ3n) is 4.36. The van der Waals surface area contributed by atoms with Crippen molar-refractivity contribution in [1.82, 2.24) is 15.2 Å². The molecule has 2 heterocycles. The molecule has 0 atom stereocenters. The van der Waals surface area contributed by atoms with Gasteiger partial charge in [-0.3, -0.25) is 19.8 Å². The third-order valence-corrected chi connectivity index (χ3v) is 4.36. The maximum absolute atomic E-state index is 12.3. The lowest BCUT2D eigenvalue weighted by atomic mass is 9.96. The number of likely N-dealkylation sites (tertiary alicyclic amines) is 2. The molecule has 0 aliphatic carbocycles. The largest absolute Gasteiger partial charge is 0.341 e. The lowest BCUT2D eigenvalue weighted by Crippen LogP contribution is -2.48. The molecule has 0 aromatic heterocycles. The van der Waals surface area contributed by atoms with Gasteiger partial charge in [0.2, 0.25) is 17.7 Å². The molecule has 7 nitrogen and oxygen atoms in total. The van der Waals surface area contributed by atoms with E-state index in [0.29, 0.717) is 38.9 Å². The van der Waals surface area contributed by atoms with Gasteiger partial charge in [0, 0.05) is 32.0 Å². The first-order valence-corrected chi connectivity index (χ1v) is 7.68. The molecule has 3 amide bonds. The van der Waals surface area contributed by atoms with Crippen molar-refractivity contribution in [1.29, 1.82) is 0 Å². The molecule has 7 heteroatoms. The van der Waals surface area contributed by atoms with E-state index >= 15 is 0 Å². The van der Waals surface area contributed by atoms with Crippen LogP contribution in [0.15, 0.2) is 0 Å². The van der Waals surface area contributed by atoms with Gasteiger partial charge < -0.3 is 9.80 Å². The fraction of sp³-hybridized carbons (Fsp3) is 0.786. The Balaban J connectivity index is 1.81. The molecule has 0 bridgehead atoms. The van der Waals surface area contributed by atoms with Gasteiger partial charge in [-0.2, -0.15) is 0 Å². The third kappa shape index (κ3) is 4.17. The second kappa shape index (κ2) is 7.40. The van der Waals surface area contributed by atoms with E-state index in [1.165, 1.54) is 0 Å². The van der Waals surface area contributed by atoms with Gasteiger partial charge >= 0.3 is 0 Å². The SMILES string of the molecule is NNC(=O)C1CCN(C(=O)CN2CCCCCC2=O)CC1. The summed E-state index contributed by atoms with van der Waals surface area (Å²) in [5.41, 5.74) is 2.16. The standard InChI is InChI=1S/C14H24N4O3/c15-16-14(21)11-5-8-17(9-6-11)13(20)10-18-7-3-1-2-4-12(18)19/h11H,1-10,15H2,(H,16,21). The fourth-order valence-electron chi connectivity index (χ4n) is 2.98. The molecule has 0 radical (unpaired) electrons. The first-order chi connectivity index (χ1) is 10.1. The lowest BCUT2D eigenvalue weighted by Gasteiger charge is -2.32. The number of hydrazine groups is 1. The number of hydrogen-bond acceptors (Lipinski definition) is 4. The number of rotatable bonds is 3. The van der Waals surface area contributed by atoms with Crippen LogP contribution < -0.4 is 11.3 Å². The Kier molecular flexibility index (Phi) is 5.55. The van der Waals surface area contributed by atoms with Gasteiger partial charge in [0.25, 0.3) is 0 Å². The van der Waals surface area contributed by atoms with Crippen LogP contribution in [0.25, 0.3) is 0 Å². The van der Waals surface area contributed by atoms with Gasteiger partial charge in [0.1, 0.15) is 0 Å². The smallest absolute Gasteiger partial charge is 0.242 e. The number of nitrogens with zero attached hydrogens (tertiary/aromatic N) is 2. The average molecular weight is 296 g/mol. The zero-order valence-corrected chi connectivity index (χ0v) is 12.3. The molecule has 0 aromatic rings. The number of hydrogen-bond donors (Lipinski definition) is 2. The van der Waals surface area contributed by atoms with Crippen molar-refractivity contribution in [3.8, 4) is 0 Å². The van der Waals surface area contributed by atoms with Crippen LogP contribution in [0.2, 0.25) is 0 Å². The summed E-state index contributed by atoms with van der Waals surface area (Å²) >= 11 is 0. The summed E-state index contributed by atoms with van der Waals surface area (Å²) in [5, 5.41) is 0. The predicted molar refractivity (Wildman–Crippen MR) is 76.7 cm³/mol. The molecule has 2 aliphatic heterocycles. The van der Waals surface area contributed by atoms with Crippen LogP contribution in [-0.2, 0) is 14.4 Å². The van der Waals surface area contributed by atoms with Crippen LogP contribution in [0.3, 0.4) is 0 Å². The first kappa shape index (κ1) is 15.8. The normalized spacial score (nSPS) is 21.1. The van der Waals surface area contributed by atoms with Crippen LogP contribution in [0, 0.1) is 5.92 Å². The molecule has 118 valence electrons. The summed E-state index contributed by atoms with van der Waals surface area (Å²) in [5.74, 6) is 4.92. The molecule has 0 unspecified atom stereocenters. The molecule has 21 heavy (non-hydrogen) atoms. The predicted octanol–water partition coefficient (Wildman–Crippen LogP) is -0.382. The number of carbonyl (C=O) groups is 3. The molecule has 3 N–H and O–H groups in total. The Morgan fingerprint density at radius 1 is 1.14 bits per heavy atom. The minimum atomic E-state index is -0.162. The summed E-state index contributed by atoms with van der Waals surface area (Å²) in [6.45, 7) is 1.96. The van der Waals surface area contributed by atoms with E-state index in [2.05, 4.69) is 5.43 Å². The van der Waals surface area contributed by atoms with E-state index in [4.69, 9.17) is 5.84 Å². The Bertz CT molecular complexity index is 405. The molecular weight excluding hydrogens is 272 g/mol. The number of nitrogens with one attached hydrogen (secondary N) is 1. The second-order valence-corrected chi connectivity index (χ2v) is 5.79. The summed E-state index contributed by atoms with van der Waals surface area (Å²) in [6.07, 6.45) is 4.74. The van der Waals surface area contributed by atoms with E-state index in [1.54, 1.807) is 9.80 Å². The molecule has 0 aromatic carbocycles. The van der Waals surface area contributed by atoms with Gasteiger partial charge in [0.15, 0.2) is 0 Å². The van der Waals surface area contributed by atoms with E-state index in [-0.39, 0.29) is 30.2 Å². The molecule has 2 saturated heterocycles. The van der Waals surface area contributed by atoms with Crippen LogP contribution in [0.1, 0.15) is 38.5 Å². The quantitative estimate of drug-likeness (QED) is 0.421. The van der Waals surface area contributed by atoms with Gasteiger partial charge in [-0.25, -0.2) is 5.84 Å². The Morgan fingerprint density at radius 2 is 1.86 bits per heavy atom. The highest BCUT2D eigenvalue weighted by atomic mass is 16.2. The zero-order valence-electron chi connectivity index (χ0n) is 12.3. The van der Waals surface area contributed by atoms with E-state index in [1.807, 2.05) is 0 Å². The Morgan fingerprint density at radius 3 is 2.52 bits per heavy atom. The highest BCUT2D eigenvalue weighted by molar-refractivity contribution is 5.85. The minimum absolute atomic E-state index is 0.0168. The van der Waals surface area contributed by atoms with Crippen molar-refractivity contribution >= 4 is 17.7 Å². The number of carbonyl (C=O) groups excluding carboxylic acids is 3. The van der Waals surface area contributed by atoms with Crippen molar-refractivity contribution in [3.05, 3.63) is 0 Å². The number of amides is 3. The van der Waals surface area contributed by atoms with Crippen molar-refractivity contribution < 1.29 is 14.4 Å². The molecule has 0 spiro atoms. The van der Waals surface area contributed by atoms with Crippen LogP contribution in [0.4, 0.5) is 0 Å². The summed E-state index contributed by atoms with van der Waals surface area (Å²) in [4.78, 5) is 39.1. The Labute approximate surface area is 124 Å².